The quantitative estimate of drug-likeness (QED) is 0.885. The second-order valence-electron chi connectivity index (χ2n) is 4.89. The van der Waals surface area contributed by atoms with Crippen molar-refractivity contribution in [3.05, 3.63) is 29.8 Å². The molecule has 1 fully saturated rings. The summed E-state index contributed by atoms with van der Waals surface area (Å²) in [7, 11) is 1.68. The molecule has 104 valence electrons. The van der Waals surface area contributed by atoms with Gasteiger partial charge in [-0.05, 0) is 25.3 Å². The molecule has 0 radical (unpaired) electrons. The topological polar surface area (TPSA) is 41.6 Å². The lowest BCUT2D eigenvalue weighted by atomic mass is 10.1. The second kappa shape index (κ2) is 7.14. The van der Waals surface area contributed by atoms with Gasteiger partial charge >= 0.3 is 0 Å². The molecule has 1 aliphatic rings. The number of carbonyl (C=O) groups is 1. The molecular weight excluding hydrogens is 240 g/mol. The molecule has 0 bridgehead atoms. The van der Waals surface area contributed by atoms with Crippen molar-refractivity contribution in [3.8, 4) is 0 Å². The average Bonchev–Trinajstić information content (AvgIpc) is 2.47. The van der Waals surface area contributed by atoms with Crippen LogP contribution in [-0.4, -0.2) is 37.6 Å². The van der Waals surface area contributed by atoms with Crippen molar-refractivity contribution in [2.75, 3.05) is 32.1 Å². The Balaban J connectivity index is 1.89. The molecule has 1 amide bonds. The Bertz CT molecular complexity index is 414. The molecule has 1 N–H and O–H groups in total. The van der Waals surface area contributed by atoms with E-state index in [4.69, 9.17) is 4.74 Å². The SMILES string of the molecule is COCc1ccccc1NCC(=O)N1CCCCC1. The largest absolute Gasteiger partial charge is 0.380 e. The van der Waals surface area contributed by atoms with Crippen LogP contribution in [0.2, 0.25) is 0 Å². The smallest absolute Gasteiger partial charge is 0.241 e. The van der Waals surface area contributed by atoms with Crippen molar-refractivity contribution in [2.24, 2.45) is 0 Å². The number of anilines is 1. The van der Waals surface area contributed by atoms with Gasteiger partial charge in [0.05, 0.1) is 13.2 Å². The highest BCUT2D eigenvalue weighted by Gasteiger charge is 2.16. The van der Waals surface area contributed by atoms with Crippen molar-refractivity contribution in [3.63, 3.8) is 0 Å². The van der Waals surface area contributed by atoms with Crippen LogP contribution in [0.5, 0.6) is 0 Å². The predicted molar refractivity (Wildman–Crippen MR) is 76.1 cm³/mol. The van der Waals surface area contributed by atoms with Crippen molar-refractivity contribution >= 4 is 11.6 Å². The monoisotopic (exact) mass is 262 g/mol. The van der Waals surface area contributed by atoms with E-state index in [-0.39, 0.29) is 5.91 Å². The fourth-order valence-corrected chi connectivity index (χ4v) is 2.40. The van der Waals surface area contributed by atoms with Crippen molar-refractivity contribution in [2.45, 2.75) is 25.9 Å². The number of nitrogens with one attached hydrogen (secondary N) is 1. The Hall–Kier alpha value is -1.55. The molecule has 0 spiro atoms. The van der Waals surface area contributed by atoms with E-state index in [1.165, 1.54) is 6.42 Å². The van der Waals surface area contributed by atoms with Gasteiger partial charge in [0.15, 0.2) is 0 Å². The van der Waals surface area contributed by atoms with Gasteiger partial charge in [-0.1, -0.05) is 18.2 Å². The van der Waals surface area contributed by atoms with Gasteiger partial charge in [0.2, 0.25) is 5.91 Å². The fraction of sp³-hybridized carbons (Fsp3) is 0.533. The zero-order valence-corrected chi connectivity index (χ0v) is 11.5. The molecule has 2 rings (SSSR count). The number of ether oxygens (including phenoxy) is 1. The normalized spacial score (nSPS) is 15.3. The maximum atomic E-state index is 12.1. The van der Waals surface area contributed by atoms with E-state index in [9.17, 15) is 4.79 Å². The summed E-state index contributed by atoms with van der Waals surface area (Å²) in [5, 5.41) is 3.22. The number of rotatable bonds is 5. The molecule has 19 heavy (non-hydrogen) atoms. The third kappa shape index (κ3) is 3.96. The lowest BCUT2D eigenvalue weighted by Crippen LogP contribution is -2.39. The molecule has 1 aromatic carbocycles. The number of benzene rings is 1. The summed E-state index contributed by atoms with van der Waals surface area (Å²) in [5.41, 5.74) is 2.06. The van der Waals surface area contributed by atoms with Gasteiger partial charge in [-0.2, -0.15) is 0 Å². The van der Waals surface area contributed by atoms with Gasteiger partial charge in [-0.15, -0.1) is 0 Å². The van der Waals surface area contributed by atoms with E-state index in [2.05, 4.69) is 5.32 Å². The van der Waals surface area contributed by atoms with Crippen LogP contribution in [-0.2, 0) is 16.1 Å². The minimum Gasteiger partial charge on any atom is -0.380 e. The molecule has 0 aromatic heterocycles. The van der Waals surface area contributed by atoms with Crippen molar-refractivity contribution in [1.29, 1.82) is 0 Å². The average molecular weight is 262 g/mol. The number of amides is 1. The molecule has 0 aliphatic carbocycles. The molecule has 4 nitrogen and oxygen atoms in total. The van der Waals surface area contributed by atoms with Crippen LogP contribution in [0.4, 0.5) is 5.69 Å². The molecule has 0 saturated carbocycles. The zero-order chi connectivity index (χ0) is 13.5. The Morgan fingerprint density at radius 1 is 1.26 bits per heavy atom. The summed E-state index contributed by atoms with van der Waals surface area (Å²) >= 11 is 0. The Kier molecular flexibility index (Phi) is 5.21. The van der Waals surface area contributed by atoms with Crippen molar-refractivity contribution < 1.29 is 9.53 Å². The number of methoxy groups -OCH3 is 1. The van der Waals surface area contributed by atoms with Crippen LogP contribution < -0.4 is 5.32 Å². The number of hydrogen-bond donors (Lipinski definition) is 1. The zero-order valence-electron chi connectivity index (χ0n) is 11.5. The highest BCUT2D eigenvalue weighted by Crippen LogP contribution is 2.16. The third-order valence-corrected chi connectivity index (χ3v) is 3.46. The Morgan fingerprint density at radius 2 is 2.00 bits per heavy atom. The highest BCUT2D eigenvalue weighted by atomic mass is 16.5. The van der Waals surface area contributed by atoms with E-state index >= 15 is 0 Å². The summed E-state index contributed by atoms with van der Waals surface area (Å²) in [6, 6.07) is 7.94. The number of hydrogen-bond acceptors (Lipinski definition) is 3. The van der Waals surface area contributed by atoms with Crippen molar-refractivity contribution in [1.82, 2.24) is 4.90 Å². The van der Waals surface area contributed by atoms with Gasteiger partial charge < -0.3 is 15.0 Å². The second-order valence-corrected chi connectivity index (χ2v) is 4.89. The van der Waals surface area contributed by atoms with Crippen LogP contribution in [0.25, 0.3) is 0 Å². The summed E-state index contributed by atoms with van der Waals surface area (Å²) in [6.45, 7) is 2.72. The molecule has 1 heterocycles. The van der Waals surface area contributed by atoms with Crippen LogP contribution in [0.1, 0.15) is 24.8 Å². The van der Waals surface area contributed by atoms with E-state index in [1.54, 1.807) is 7.11 Å². The maximum Gasteiger partial charge on any atom is 0.241 e. The summed E-state index contributed by atoms with van der Waals surface area (Å²) in [5.74, 6) is 0.187. The molecule has 4 heteroatoms. The lowest BCUT2D eigenvalue weighted by Gasteiger charge is -2.27. The van der Waals surface area contributed by atoms with Crippen LogP contribution in [0.15, 0.2) is 24.3 Å². The van der Waals surface area contributed by atoms with Crippen LogP contribution in [0, 0.1) is 0 Å². The first-order valence-corrected chi connectivity index (χ1v) is 6.90. The predicted octanol–water partition coefficient (Wildman–Crippen LogP) is 2.26. The summed E-state index contributed by atoms with van der Waals surface area (Å²) in [6.07, 6.45) is 3.51. The van der Waals surface area contributed by atoms with Gasteiger partial charge in [-0.3, -0.25) is 4.79 Å². The molecular formula is C15H22N2O2. The summed E-state index contributed by atoms with van der Waals surface area (Å²) in [4.78, 5) is 14.0. The third-order valence-electron chi connectivity index (χ3n) is 3.46. The number of carbonyl (C=O) groups excluding carboxylic acids is 1. The van der Waals surface area contributed by atoms with Crippen LogP contribution in [0.3, 0.4) is 0 Å². The van der Waals surface area contributed by atoms with Gasteiger partial charge in [0.25, 0.3) is 0 Å². The highest BCUT2D eigenvalue weighted by molar-refractivity contribution is 5.81. The number of para-hydroxylation sites is 1. The number of piperidine rings is 1. The van der Waals surface area contributed by atoms with E-state index in [1.807, 2.05) is 29.2 Å². The van der Waals surface area contributed by atoms with E-state index in [0.29, 0.717) is 13.2 Å². The first kappa shape index (κ1) is 13.9. The number of nitrogens with zero attached hydrogens (tertiary/aromatic N) is 1. The molecule has 0 atom stereocenters. The van der Waals surface area contributed by atoms with Gasteiger partial charge in [-0.25, -0.2) is 0 Å². The molecule has 0 unspecified atom stereocenters. The number of likely N-dealkylation sites (tertiary alicyclic amines) is 1. The Labute approximate surface area is 114 Å². The first-order chi connectivity index (χ1) is 9.31. The molecule has 1 aromatic rings. The Morgan fingerprint density at radius 3 is 2.74 bits per heavy atom. The van der Waals surface area contributed by atoms with E-state index in [0.717, 1.165) is 37.2 Å². The fourth-order valence-electron chi connectivity index (χ4n) is 2.40. The maximum absolute atomic E-state index is 12.1. The first-order valence-electron chi connectivity index (χ1n) is 6.90. The minimum absolute atomic E-state index is 0.187. The molecule has 1 aliphatic heterocycles. The minimum atomic E-state index is 0.187. The lowest BCUT2D eigenvalue weighted by molar-refractivity contribution is -0.130. The standard InChI is InChI=1S/C15H22N2O2/c1-19-12-13-7-3-4-8-14(13)16-11-15(18)17-9-5-2-6-10-17/h3-4,7-8,16H,2,5-6,9-12H2,1H3. The van der Waals surface area contributed by atoms with Crippen LogP contribution >= 0.6 is 0 Å². The summed E-state index contributed by atoms with van der Waals surface area (Å²) < 4.78 is 5.16. The van der Waals surface area contributed by atoms with Gasteiger partial charge in [0.1, 0.15) is 0 Å². The molecule has 1 saturated heterocycles. The van der Waals surface area contributed by atoms with Gasteiger partial charge in [0, 0.05) is 31.5 Å². The van der Waals surface area contributed by atoms with E-state index < -0.39 is 0 Å².